The lowest BCUT2D eigenvalue weighted by Gasteiger charge is -2.35. The molecule has 0 radical (unpaired) electrons. The second-order valence-corrected chi connectivity index (χ2v) is 11.6. The normalized spacial score (nSPS) is 29.2. The third-order valence-corrected chi connectivity index (χ3v) is 7.84. The number of ether oxygens (including phenoxy) is 1. The number of nitrogens with zero attached hydrogens (tertiary/aromatic N) is 1. The van der Waals surface area contributed by atoms with Gasteiger partial charge in [-0.3, -0.25) is 24.2 Å². The lowest BCUT2D eigenvalue weighted by Crippen LogP contribution is -2.61. The summed E-state index contributed by atoms with van der Waals surface area (Å²) in [6, 6.07) is 9.10. The number of amides is 3. The number of carbonyl (C=O) groups is 4. The average Bonchev–Trinajstić information content (AvgIpc) is 2.96. The Kier molecular flexibility index (Phi) is 9.14. The minimum Gasteiger partial charge on any atom is -0.457 e. The first-order valence-corrected chi connectivity index (χ1v) is 14.1. The van der Waals surface area contributed by atoms with Crippen molar-refractivity contribution >= 4 is 40.5 Å². The standard InChI is InChI=1S/C31H40N4O6/c1-18(2)26-27(37)32-19(3)28(38)35-14-6-7-25(34-35)29(39)41-20(4)23-11-10-22-9-8-21(15-24(22)16-23)12-13-31(5,17-36)30(40)33-26/h8-13,15-16,18-20,25-26,34,36H,6-7,14,17H2,1-5H3,(H,32,37)(H,33,40)/b13-12+/t19-,20+,25-,26-,31+/m0/s1. The van der Waals surface area contributed by atoms with E-state index in [1.807, 2.05) is 36.4 Å². The molecule has 10 nitrogen and oxygen atoms in total. The SMILES string of the molecule is CC(C)[C@@H]1NC(=O)[C@@](C)(CO)/C=C/c2ccc3ccc(cc3c2)[C@@H](C)OC(=O)[C@@H]2CCCN(N2)C(=O)[C@H](C)NC1=O. The maximum atomic E-state index is 13.4. The van der Waals surface area contributed by atoms with Crippen LogP contribution in [0.3, 0.4) is 0 Å². The number of hydrogen-bond donors (Lipinski definition) is 4. The molecule has 2 heterocycles. The lowest BCUT2D eigenvalue weighted by atomic mass is 9.88. The Labute approximate surface area is 240 Å². The van der Waals surface area contributed by atoms with Crippen LogP contribution in [-0.4, -0.2) is 65.1 Å². The number of nitrogens with one attached hydrogen (secondary N) is 3. The molecule has 41 heavy (non-hydrogen) atoms. The van der Waals surface area contributed by atoms with Crippen LogP contribution in [0.5, 0.6) is 0 Å². The van der Waals surface area contributed by atoms with E-state index in [1.54, 1.807) is 46.8 Å². The third kappa shape index (κ3) is 6.77. The summed E-state index contributed by atoms with van der Waals surface area (Å²) in [6.07, 6.45) is 3.96. The number of esters is 1. The molecule has 1 fully saturated rings. The first kappa shape index (κ1) is 30.2. The number of benzene rings is 2. The molecule has 1 saturated heterocycles. The van der Waals surface area contributed by atoms with E-state index in [2.05, 4.69) is 16.1 Å². The molecule has 0 unspecified atom stereocenters. The Hall–Kier alpha value is -3.76. The van der Waals surface area contributed by atoms with Crippen LogP contribution >= 0.6 is 0 Å². The topological polar surface area (TPSA) is 137 Å². The van der Waals surface area contributed by atoms with Crippen LogP contribution in [0, 0.1) is 11.3 Å². The van der Waals surface area contributed by atoms with Crippen molar-refractivity contribution in [3.63, 3.8) is 0 Å². The van der Waals surface area contributed by atoms with Gasteiger partial charge >= 0.3 is 5.97 Å². The maximum Gasteiger partial charge on any atom is 0.325 e. The fraction of sp³-hybridized carbons (Fsp3) is 0.484. The van der Waals surface area contributed by atoms with Crippen molar-refractivity contribution in [2.45, 2.75) is 71.7 Å². The van der Waals surface area contributed by atoms with Crippen molar-refractivity contribution in [2.75, 3.05) is 13.2 Å². The minimum atomic E-state index is -1.31. The largest absolute Gasteiger partial charge is 0.457 e. The fourth-order valence-electron chi connectivity index (χ4n) is 5.00. The zero-order chi connectivity index (χ0) is 29.9. The smallest absolute Gasteiger partial charge is 0.325 e. The summed E-state index contributed by atoms with van der Waals surface area (Å²) in [7, 11) is 0. The number of aliphatic hydroxyl groups excluding tert-OH is 1. The van der Waals surface area contributed by atoms with Crippen LogP contribution in [0.2, 0.25) is 0 Å². The van der Waals surface area contributed by atoms with E-state index in [0.29, 0.717) is 19.4 Å². The first-order valence-electron chi connectivity index (χ1n) is 14.1. The van der Waals surface area contributed by atoms with Gasteiger partial charge in [0, 0.05) is 6.54 Å². The van der Waals surface area contributed by atoms with E-state index in [4.69, 9.17) is 4.74 Å². The zero-order valence-corrected chi connectivity index (χ0v) is 24.3. The van der Waals surface area contributed by atoms with Crippen LogP contribution in [-0.2, 0) is 23.9 Å². The van der Waals surface area contributed by atoms with Gasteiger partial charge in [-0.05, 0) is 73.6 Å². The average molecular weight is 565 g/mol. The molecule has 0 spiro atoms. The van der Waals surface area contributed by atoms with Crippen molar-refractivity contribution in [2.24, 2.45) is 11.3 Å². The summed E-state index contributed by atoms with van der Waals surface area (Å²) in [5.41, 5.74) is 3.30. The van der Waals surface area contributed by atoms with Crippen molar-refractivity contribution in [1.29, 1.82) is 0 Å². The highest BCUT2D eigenvalue weighted by molar-refractivity contribution is 5.94. The quantitative estimate of drug-likeness (QED) is 0.412. The molecule has 2 aromatic carbocycles. The third-order valence-electron chi connectivity index (χ3n) is 7.84. The number of aliphatic hydroxyl groups is 1. The van der Waals surface area contributed by atoms with Gasteiger partial charge in [0.25, 0.3) is 5.91 Å². The molecule has 5 bridgehead atoms. The van der Waals surface area contributed by atoms with E-state index in [9.17, 15) is 24.3 Å². The van der Waals surface area contributed by atoms with Gasteiger partial charge < -0.3 is 20.5 Å². The predicted octanol–water partition coefficient (Wildman–Crippen LogP) is 2.61. The molecule has 4 N–H and O–H groups in total. The molecule has 2 aliphatic heterocycles. The van der Waals surface area contributed by atoms with Gasteiger partial charge in [0.15, 0.2) is 0 Å². The molecule has 0 aromatic heterocycles. The maximum absolute atomic E-state index is 13.4. The molecule has 2 aliphatic rings. The molecule has 5 atom stereocenters. The van der Waals surface area contributed by atoms with Gasteiger partial charge in [0.2, 0.25) is 11.8 Å². The van der Waals surface area contributed by atoms with Gasteiger partial charge in [-0.1, -0.05) is 50.3 Å². The van der Waals surface area contributed by atoms with Crippen LogP contribution < -0.4 is 16.1 Å². The molecule has 3 amide bonds. The number of hydrogen-bond acceptors (Lipinski definition) is 7. The van der Waals surface area contributed by atoms with Crippen molar-refractivity contribution in [3.05, 3.63) is 53.6 Å². The summed E-state index contributed by atoms with van der Waals surface area (Å²) in [6.45, 7) is 8.44. The van der Waals surface area contributed by atoms with Gasteiger partial charge in [-0.15, -0.1) is 0 Å². The van der Waals surface area contributed by atoms with Crippen LogP contribution in [0.25, 0.3) is 16.8 Å². The Morgan fingerprint density at radius 1 is 1.05 bits per heavy atom. The summed E-state index contributed by atoms with van der Waals surface area (Å²) in [5.74, 6) is -2.19. The summed E-state index contributed by atoms with van der Waals surface area (Å²) >= 11 is 0. The van der Waals surface area contributed by atoms with E-state index in [1.165, 1.54) is 5.01 Å². The Bertz CT molecular complexity index is 1360. The monoisotopic (exact) mass is 564 g/mol. The van der Waals surface area contributed by atoms with E-state index >= 15 is 0 Å². The highest BCUT2D eigenvalue weighted by atomic mass is 16.5. The summed E-state index contributed by atoms with van der Waals surface area (Å²) < 4.78 is 5.80. The van der Waals surface area contributed by atoms with E-state index in [-0.39, 0.29) is 5.92 Å². The number of rotatable bonds is 2. The second-order valence-electron chi connectivity index (χ2n) is 11.6. The predicted molar refractivity (Wildman–Crippen MR) is 155 cm³/mol. The molecule has 0 aliphatic carbocycles. The van der Waals surface area contributed by atoms with Crippen LogP contribution in [0.1, 0.15) is 64.7 Å². The Morgan fingerprint density at radius 3 is 2.49 bits per heavy atom. The van der Waals surface area contributed by atoms with Gasteiger partial charge in [0.1, 0.15) is 24.2 Å². The highest BCUT2D eigenvalue weighted by Gasteiger charge is 2.36. The van der Waals surface area contributed by atoms with Gasteiger partial charge in [0.05, 0.1) is 12.0 Å². The van der Waals surface area contributed by atoms with Crippen LogP contribution in [0.15, 0.2) is 42.5 Å². The number of fused-ring (bicyclic) bond motifs is 4. The molecule has 10 heteroatoms. The summed E-state index contributed by atoms with van der Waals surface area (Å²) in [5, 5.41) is 18.9. The highest BCUT2D eigenvalue weighted by Crippen LogP contribution is 2.27. The molecular weight excluding hydrogens is 524 g/mol. The Morgan fingerprint density at radius 2 is 1.78 bits per heavy atom. The second kappa shape index (κ2) is 12.4. The van der Waals surface area contributed by atoms with Crippen LogP contribution in [0.4, 0.5) is 0 Å². The molecule has 4 rings (SSSR count). The van der Waals surface area contributed by atoms with Crippen molar-refractivity contribution < 1.29 is 29.0 Å². The minimum absolute atomic E-state index is 0.293. The molecule has 220 valence electrons. The number of carbonyl (C=O) groups excluding carboxylic acids is 4. The molecular formula is C31H40N4O6. The lowest BCUT2D eigenvalue weighted by molar-refractivity contribution is -0.157. The molecule has 0 saturated carbocycles. The van der Waals surface area contributed by atoms with E-state index in [0.717, 1.165) is 21.9 Å². The van der Waals surface area contributed by atoms with Crippen molar-refractivity contribution in [3.8, 4) is 0 Å². The fourth-order valence-corrected chi connectivity index (χ4v) is 5.00. The zero-order valence-electron chi connectivity index (χ0n) is 24.3. The first-order chi connectivity index (χ1) is 19.4. The van der Waals surface area contributed by atoms with Gasteiger partial charge in [-0.2, -0.15) is 0 Å². The van der Waals surface area contributed by atoms with Crippen molar-refractivity contribution in [1.82, 2.24) is 21.1 Å². The number of cyclic esters (lactones) is 1. The van der Waals surface area contributed by atoms with E-state index < -0.39 is 59.9 Å². The molecule has 2 aromatic rings. The van der Waals surface area contributed by atoms with Gasteiger partial charge in [-0.25, -0.2) is 5.43 Å². The summed E-state index contributed by atoms with van der Waals surface area (Å²) in [4.78, 5) is 52.9. The number of hydrazine groups is 1. The Balaban J connectivity index is 1.72.